The van der Waals surface area contributed by atoms with E-state index in [2.05, 4.69) is 11.3 Å². The van der Waals surface area contributed by atoms with Gasteiger partial charge in [-0.25, -0.2) is 5.43 Å². The van der Waals surface area contributed by atoms with Crippen LogP contribution in [0.25, 0.3) is 0 Å². The highest BCUT2D eigenvalue weighted by atomic mass is 16.2. The first-order chi connectivity index (χ1) is 9.10. The molecule has 4 N–H and O–H groups in total. The van der Waals surface area contributed by atoms with Crippen molar-refractivity contribution in [3.05, 3.63) is 47.5 Å². The molecule has 0 bridgehead atoms. The monoisotopic (exact) mass is 260 g/mol. The summed E-state index contributed by atoms with van der Waals surface area (Å²) in [5.41, 5.74) is 3.99. The van der Waals surface area contributed by atoms with Crippen LogP contribution in [0.1, 0.15) is 11.1 Å². The lowest BCUT2D eigenvalue weighted by atomic mass is 10.1. The average Bonchev–Trinajstić information content (AvgIpc) is 2.72. The second-order valence-corrected chi connectivity index (χ2v) is 4.19. The number of hydrogen-bond acceptors (Lipinski definition) is 3. The first-order valence-electron chi connectivity index (χ1n) is 5.77. The van der Waals surface area contributed by atoms with Gasteiger partial charge in [0, 0.05) is 12.2 Å². The van der Waals surface area contributed by atoms with Crippen LogP contribution < -0.4 is 11.3 Å². The van der Waals surface area contributed by atoms with E-state index in [9.17, 15) is 14.4 Å². The second kappa shape index (κ2) is 5.45. The van der Waals surface area contributed by atoms with Crippen LogP contribution in [0.5, 0.6) is 0 Å². The van der Waals surface area contributed by atoms with E-state index in [0.717, 1.165) is 16.0 Å². The SMILES string of the molecule is [NH3+]NC(=O)Cc1ccc(CN2C(=O)C=CC2=O)cc1. The molecule has 0 aromatic heterocycles. The lowest BCUT2D eigenvalue weighted by molar-refractivity contribution is -0.427. The smallest absolute Gasteiger partial charge is 0.269 e. The van der Waals surface area contributed by atoms with Crippen LogP contribution in [0.2, 0.25) is 0 Å². The van der Waals surface area contributed by atoms with Gasteiger partial charge in [-0.3, -0.25) is 25.1 Å². The molecule has 3 amide bonds. The zero-order chi connectivity index (χ0) is 13.8. The maximum Gasteiger partial charge on any atom is 0.269 e. The van der Waals surface area contributed by atoms with Crippen molar-refractivity contribution in [1.82, 2.24) is 10.3 Å². The molecule has 0 unspecified atom stereocenters. The van der Waals surface area contributed by atoms with Crippen molar-refractivity contribution in [3.63, 3.8) is 0 Å². The van der Waals surface area contributed by atoms with E-state index < -0.39 is 0 Å². The first kappa shape index (κ1) is 13.0. The van der Waals surface area contributed by atoms with Crippen LogP contribution >= 0.6 is 0 Å². The van der Waals surface area contributed by atoms with Crippen LogP contribution in [0.15, 0.2) is 36.4 Å². The Bertz CT molecular complexity index is 531. The number of carbonyl (C=O) groups is 3. The van der Waals surface area contributed by atoms with Gasteiger partial charge in [0.1, 0.15) is 0 Å². The highest BCUT2D eigenvalue weighted by Crippen LogP contribution is 2.12. The summed E-state index contributed by atoms with van der Waals surface area (Å²) in [5.74, 6) is 2.53. The predicted octanol–water partition coefficient (Wildman–Crippen LogP) is -1.07. The minimum absolute atomic E-state index is 0.165. The Morgan fingerprint density at radius 3 is 2.11 bits per heavy atom. The Kier molecular flexibility index (Phi) is 3.72. The largest absolute Gasteiger partial charge is 0.271 e. The molecular weight excluding hydrogens is 246 g/mol. The van der Waals surface area contributed by atoms with Gasteiger partial charge in [0.25, 0.3) is 17.7 Å². The van der Waals surface area contributed by atoms with Gasteiger partial charge in [-0.15, -0.1) is 0 Å². The fourth-order valence-corrected chi connectivity index (χ4v) is 1.78. The number of quaternary nitrogens is 1. The summed E-state index contributed by atoms with van der Waals surface area (Å²) in [4.78, 5) is 35.1. The van der Waals surface area contributed by atoms with Crippen molar-refractivity contribution in [2.24, 2.45) is 0 Å². The quantitative estimate of drug-likeness (QED) is 0.533. The molecule has 6 nitrogen and oxygen atoms in total. The highest BCUT2D eigenvalue weighted by molar-refractivity contribution is 6.12. The van der Waals surface area contributed by atoms with E-state index in [1.54, 1.807) is 24.3 Å². The van der Waals surface area contributed by atoms with Crippen LogP contribution in [-0.2, 0) is 27.3 Å². The van der Waals surface area contributed by atoms with Crippen LogP contribution in [0.3, 0.4) is 0 Å². The maximum atomic E-state index is 11.4. The van der Waals surface area contributed by atoms with Gasteiger partial charge in [-0.2, -0.15) is 0 Å². The van der Waals surface area contributed by atoms with Gasteiger partial charge < -0.3 is 0 Å². The number of nitrogens with zero attached hydrogens (tertiary/aromatic N) is 1. The molecule has 1 aromatic carbocycles. The van der Waals surface area contributed by atoms with Crippen LogP contribution in [-0.4, -0.2) is 22.6 Å². The predicted molar refractivity (Wildman–Crippen MR) is 65.9 cm³/mol. The third kappa shape index (κ3) is 3.05. The molecule has 1 aliphatic rings. The van der Waals surface area contributed by atoms with E-state index in [1.165, 1.54) is 12.2 Å². The Hall–Kier alpha value is -2.47. The van der Waals surface area contributed by atoms with Gasteiger partial charge in [-0.1, -0.05) is 24.3 Å². The lowest BCUT2D eigenvalue weighted by Crippen LogP contribution is -2.67. The maximum absolute atomic E-state index is 11.4. The first-order valence-corrected chi connectivity index (χ1v) is 5.77. The molecule has 0 spiro atoms. The van der Waals surface area contributed by atoms with Crippen molar-refractivity contribution in [2.75, 3.05) is 0 Å². The zero-order valence-electron chi connectivity index (χ0n) is 10.3. The molecule has 0 aliphatic carbocycles. The van der Waals surface area contributed by atoms with E-state index in [1.807, 2.05) is 0 Å². The van der Waals surface area contributed by atoms with Gasteiger partial charge in [0.05, 0.1) is 13.0 Å². The fourth-order valence-electron chi connectivity index (χ4n) is 1.78. The van der Waals surface area contributed by atoms with Gasteiger partial charge in [0.15, 0.2) is 0 Å². The van der Waals surface area contributed by atoms with Gasteiger partial charge in [-0.05, 0) is 11.1 Å². The molecule has 0 saturated heterocycles. The molecule has 19 heavy (non-hydrogen) atoms. The molecule has 0 atom stereocenters. The minimum atomic E-state index is -0.300. The number of nitrogens with one attached hydrogen (secondary N) is 1. The molecule has 1 heterocycles. The van der Waals surface area contributed by atoms with Crippen LogP contribution in [0, 0.1) is 0 Å². The van der Waals surface area contributed by atoms with Crippen molar-refractivity contribution in [3.8, 4) is 0 Å². The van der Waals surface area contributed by atoms with E-state index in [0.29, 0.717) is 0 Å². The van der Waals surface area contributed by atoms with E-state index in [-0.39, 0.29) is 30.7 Å². The Morgan fingerprint density at radius 1 is 1.05 bits per heavy atom. The Balaban J connectivity index is 2.01. The molecule has 1 aliphatic heterocycles. The summed E-state index contributed by atoms with van der Waals surface area (Å²) in [6.07, 6.45) is 2.78. The van der Waals surface area contributed by atoms with Crippen molar-refractivity contribution < 1.29 is 20.2 Å². The molecule has 2 rings (SSSR count). The van der Waals surface area contributed by atoms with Gasteiger partial charge >= 0.3 is 0 Å². The number of rotatable bonds is 4. The number of carbonyl (C=O) groups excluding carboxylic acids is 3. The third-order valence-corrected chi connectivity index (χ3v) is 2.83. The number of hydrogen-bond donors (Lipinski definition) is 2. The topological polar surface area (TPSA) is 94.1 Å². The van der Waals surface area contributed by atoms with Crippen molar-refractivity contribution in [2.45, 2.75) is 13.0 Å². The second-order valence-electron chi connectivity index (χ2n) is 4.19. The summed E-state index contributed by atoms with van der Waals surface area (Å²) in [6, 6.07) is 7.18. The number of amides is 3. The summed E-state index contributed by atoms with van der Waals surface area (Å²) in [7, 11) is 0. The minimum Gasteiger partial charge on any atom is -0.271 e. The summed E-state index contributed by atoms with van der Waals surface area (Å²) < 4.78 is 0. The summed E-state index contributed by atoms with van der Waals surface area (Å²) in [5, 5.41) is 0. The molecule has 6 heteroatoms. The standard InChI is InChI=1S/C13H13N3O3/c14-15-11(17)7-9-1-3-10(4-2-9)8-16-12(18)5-6-13(16)19/h1-6H,7-8,14H2,(H,15,17)/p+1. The van der Waals surface area contributed by atoms with E-state index >= 15 is 0 Å². The third-order valence-electron chi connectivity index (χ3n) is 2.83. The van der Waals surface area contributed by atoms with E-state index in [4.69, 9.17) is 0 Å². The lowest BCUT2D eigenvalue weighted by Gasteiger charge is -2.13. The van der Waals surface area contributed by atoms with Gasteiger partial charge in [0.2, 0.25) is 0 Å². The molecule has 0 radical (unpaired) electrons. The molecule has 98 valence electrons. The number of benzene rings is 1. The van der Waals surface area contributed by atoms with Crippen molar-refractivity contribution >= 4 is 17.7 Å². The fraction of sp³-hybridized carbons (Fsp3) is 0.154. The normalized spacial score (nSPS) is 14.1. The zero-order valence-corrected chi connectivity index (χ0v) is 10.3. The Morgan fingerprint density at radius 2 is 1.58 bits per heavy atom. The number of imide groups is 1. The molecular formula is C13H14N3O3+. The van der Waals surface area contributed by atoms with Crippen LogP contribution in [0.4, 0.5) is 0 Å². The molecule has 1 aromatic rings. The highest BCUT2D eigenvalue weighted by Gasteiger charge is 2.23. The Labute approximate surface area is 109 Å². The van der Waals surface area contributed by atoms with Crippen molar-refractivity contribution in [1.29, 1.82) is 0 Å². The molecule has 0 saturated carbocycles. The average molecular weight is 260 g/mol. The molecule has 0 fully saturated rings. The summed E-state index contributed by atoms with van der Waals surface area (Å²) in [6.45, 7) is 0.243. The summed E-state index contributed by atoms with van der Waals surface area (Å²) >= 11 is 0.